The van der Waals surface area contributed by atoms with Gasteiger partial charge in [-0.3, -0.25) is 4.72 Å². The maximum absolute atomic E-state index is 11.7. The van der Waals surface area contributed by atoms with E-state index >= 15 is 0 Å². The van der Waals surface area contributed by atoms with Crippen LogP contribution in [0.2, 0.25) is 0 Å². The van der Waals surface area contributed by atoms with Crippen molar-refractivity contribution in [3.8, 4) is 11.8 Å². The van der Waals surface area contributed by atoms with E-state index in [4.69, 9.17) is 9.47 Å². The van der Waals surface area contributed by atoms with Gasteiger partial charge in [-0.1, -0.05) is 12.1 Å². The highest BCUT2D eigenvalue weighted by Crippen LogP contribution is 2.33. The SMILES string of the molecule is COc1cc(N2CCOCC2)ccc1Nc1ncc(C#N)c(Nc2ccccc2NS(C)(=O)=O)n1. The lowest BCUT2D eigenvalue weighted by molar-refractivity contribution is 0.122. The number of morpholine rings is 1. The van der Waals surface area contributed by atoms with Crippen LogP contribution in [0.4, 0.5) is 34.5 Å². The molecule has 3 N–H and O–H groups in total. The monoisotopic (exact) mass is 495 g/mol. The molecule has 12 heteroatoms. The summed E-state index contributed by atoms with van der Waals surface area (Å²) in [5.74, 6) is 1.06. The highest BCUT2D eigenvalue weighted by atomic mass is 32.2. The Morgan fingerprint density at radius 3 is 2.51 bits per heavy atom. The summed E-state index contributed by atoms with van der Waals surface area (Å²) >= 11 is 0. The average Bonchev–Trinajstić information content (AvgIpc) is 2.85. The van der Waals surface area contributed by atoms with Crippen molar-refractivity contribution in [2.75, 3.05) is 59.9 Å². The highest BCUT2D eigenvalue weighted by molar-refractivity contribution is 7.92. The zero-order valence-electron chi connectivity index (χ0n) is 19.3. The van der Waals surface area contributed by atoms with Gasteiger partial charge in [-0.25, -0.2) is 13.4 Å². The Morgan fingerprint density at radius 2 is 1.83 bits per heavy atom. The second-order valence-electron chi connectivity index (χ2n) is 7.72. The number of nitrogens with one attached hydrogen (secondary N) is 3. The van der Waals surface area contributed by atoms with Gasteiger partial charge in [-0.15, -0.1) is 0 Å². The van der Waals surface area contributed by atoms with Crippen LogP contribution in [0.15, 0.2) is 48.7 Å². The molecule has 0 spiro atoms. The van der Waals surface area contributed by atoms with Crippen molar-refractivity contribution in [2.45, 2.75) is 0 Å². The van der Waals surface area contributed by atoms with E-state index in [1.165, 1.54) is 6.20 Å². The Labute approximate surface area is 203 Å². The topological polar surface area (TPSA) is 142 Å². The Balaban J connectivity index is 1.60. The van der Waals surface area contributed by atoms with Gasteiger partial charge in [-0.05, 0) is 24.3 Å². The van der Waals surface area contributed by atoms with E-state index in [9.17, 15) is 13.7 Å². The fourth-order valence-electron chi connectivity index (χ4n) is 3.55. The summed E-state index contributed by atoms with van der Waals surface area (Å²) in [5.41, 5.74) is 2.63. The van der Waals surface area contributed by atoms with Gasteiger partial charge in [0.25, 0.3) is 0 Å². The number of hydrogen-bond donors (Lipinski definition) is 3. The number of ether oxygens (including phenoxy) is 2. The Morgan fingerprint density at radius 1 is 1.09 bits per heavy atom. The van der Waals surface area contributed by atoms with Crippen molar-refractivity contribution in [1.82, 2.24) is 9.97 Å². The number of nitriles is 1. The lowest BCUT2D eigenvalue weighted by Crippen LogP contribution is -2.36. The molecule has 2 aromatic carbocycles. The predicted molar refractivity (Wildman–Crippen MR) is 134 cm³/mol. The minimum Gasteiger partial charge on any atom is -0.494 e. The second-order valence-corrected chi connectivity index (χ2v) is 9.47. The van der Waals surface area contributed by atoms with E-state index in [1.807, 2.05) is 24.3 Å². The lowest BCUT2D eigenvalue weighted by atomic mass is 10.2. The highest BCUT2D eigenvalue weighted by Gasteiger charge is 2.16. The van der Waals surface area contributed by atoms with Gasteiger partial charge >= 0.3 is 0 Å². The molecule has 3 aromatic rings. The van der Waals surface area contributed by atoms with E-state index < -0.39 is 10.0 Å². The molecule has 0 bridgehead atoms. The third kappa shape index (κ3) is 6.08. The van der Waals surface area contributed by atoms with Crippen molar-refractivity contribution in [3.63, 3.8) is 0 Å². The molecule has 182 valence electrons. The maximum atomic E-state index is 11.7. The predicted octanol–water partition coefficient (Wildman–Crippen LogP) is 3.05. The van der Waals surface area contributed by atoms with Crippen molar-refractivity contribution >= 4 is 44.5 Å². The van der Waals surface area contributed by atoms with Gasteiger partial charge in [0.1, 0.15) is 17.4 Å². The van der Waals surface area contributed by atoms with E-state index in [0.29, 0.717) is 36.0 Å². The van der Waals surface area contributed by atoms with Crippen LogP contribution in [0.5, 0.6) is 5.75 Å². The molecule has 0 unspecified atom stereocenters. The number of methoxy groups -OCH3 is 1. The summed E-state index contributed by atoms with van der Waals surface area (Å²) in [7, 11) is -1.92. The zero-order valence-corrected chi connectivity index (χ0v) is 20.1. The van der Waals surface area contributed by atoms with Gasteiger partial charge in [0.15, 0.2) is 5.82 Å². The maximum Gasteiger partial charge on any atom is 0.229 e. The van der Waals surface area contributed by atoms with E-state index in [2.05, 4.69) is 30.2 Å². The summed E-state index contributed by atoms with van der Waals surface area (Å²) in [6, 6.07) is 14.6. The minimum absolute atomic E-state index is 0.194. The number of benzene rings is 2. The molecule has 0 saturated carbocycles. The van der Waals surface area contributed by atoms with Gasteiger partial charge in [-0.2, -0.15) is 10.2 Å². The van der Waals surface area contributed by atoms with Crippen molar-refractivity contribution in [1.29, 1.82) is 5.26 Å². The fourth-order valence-corrected chi connectivity index (χ4v) is 4.13. The van der Waals surface area contributed by atoms with Crippen molar-refractivity contribution in [3.05, 3.63) is 54.2 Å². The lowest BCUT2D eigenvalue weighted by Gasteiger charge is -2.29. The third-order valence-corrected chi connectivity index (χ3v) is 5.78. The quantitative estimate of drug-likeness (QED) is 0.427. The molecule has 1 saturated heterocycles. The zero-order chi connectivity index (χ0) is 24.8. The summed E-state index contributed by atoms with van der Waals surface area (Å²) in [5, 5.41) is 15.7. The number of rotatable bonds is 8. The number of aromatic nitrogens is 2. The van der Waals surface area contributed by atoms with Gasteiger partial charge in [0.2, 0.25) is 16.0 Å². The van der Waals surface area contributed by atoms with Crippen LogP contribution in [-0.2, 0) is 14.8 Å². The summed E-state index contributed by atoms with van der Waals surface area (Å²) < 4.78 is 36.9. The molecule has 2 heterocycles. The molecular formula is C23H25N7O4S. The number of nitrogens with zero attached hydrogens (tertiary/aromatic N) is 4. The molecule has 0 aliphatic carbocycles. The normalized spacial score (nSPS) is 13.6. The molecule has 11 nitrogen and oxygen atoms in total. The molecule has 0 amide bonds. The van der Waals surface area contributed by atoms with Gasteiger partial charge in [0, 0.05) is 24.8 Å². The van der Waals surface area contributed by atoms with E-state index in [-0.39, 0.29) is 17.3 Å². The summed E-state index contributed by atoms with van der Waals surface area (Å²) in [6.07, 6.45) is 2.45. The molecular weight excluding hydrogens is 470 g/mol. The summed E-state index contributed by atoms with van der Waals surface area (Å²) in [6.45, 7) is 2.97. The van der Waals surface area contributed by atoms with Crippen LogP contribution >= 0.6 is 0 Å². The molecule has 1 aromatic heterocycles. The minimum atomic E-state index is -3.50. The van der Waals surface area contributed by atoms with Crippen molar-refractivity contribution < 1.29 is 17.9 Å². The Hall–Kier alpha value is -4.08. The molecule has 35 heavy (non-hydrogen) atoms. The average molecular weight is 496 g/mol. The standard InChI is InChI=1S/C23H25N7O4S/c1-33-21-13-17(30-9-11-34-12-10-30)7-8-20(21)27-23-25-15-16(14-24)22(28-23)26-18-5-3-4-6-19(18)29-35(2,31)32/h3-8,13,15,29H,9-12H2,1-2H3,(H2,25,26,27,28). The first kappa shape index (κ1) is 24.1. The number of para-hydroxylation sites is 2. The molecule has 4 rings (SSSR count). The Bertz CT molecular complexity index is 1350. The van der Waals surface area contributed by atoms with E-state index in [0.717, 1.165) is 25.0 Å². The molecule has 1 fully saturated rings. The largest absolute Gasteiger partial charge is 0.494 e. The smallest absolute Gasteiger partial charge is 0.229 e. The van der Waals surface area contributed by atoms with Crippen LogP contribution in [-0.4, -0.2) is 58.1 Å². The number of sulfonamides is 1. The van der Waals surface area contributed by atoms with Crippen LogP contribution in [0.3, 0.4) is 0 Å². The first-order chi connectivity index (χ1) is 16.9. The summed E-state index contributed by atoms with van der Waals surface area (Å²) in [4.78, 5) is 10.9. The van der Waals surface area contributed by atoms with Gasteiger partial charge in [0.05, 0.1) is 49.8 Å². The van der Waals surface area contributed by atoms with Crippen molar-refractivity contribution in [2.24, 2.45) is 0 Å². The molecule has 0 radical (unpaired) electrons. The van der Waals surface area contributed by atoms with Gasteiger partial charge < -0.3 is 25.0 Å². The molecule has 0 atom stereocenters. The third-order valence-electron chi connectivity index (χ3n) is 5.19. The Kier molecular flexibility index (Phi) is 7.19. The van der Waals surface area contributed by atoms with Crippen LogP contribution in [0.1, 0.15) is 5.56 Å². The first-order valence-electron chi connectivity index (χ1n) is 10.7. The first-order valence-corrected chi connectivity index (χ1v) is 12.6. The van der Waals surface area contributed by atoms with Crippen LogP contribution in [0.25, 0.3) is 0 Å². The van der Waals surface area contributed by atoms with E-state index in [1.54, 1.807) is 31.4 Å². The molecule has 1 aliphatic heterocycles. The number of anilines is 6. The molecule has 1 aliphatic rings. The second kappa shape index (κ2) is 10.5. The van der Waals surface area contributed by atoms with Crippen LogP contribution in [0, 0.1) is 11.3 Å². The van der Waals surface area contributed by atoms with Crippen LogP contribution < -0.4 is 25.0 Å². The number of hydrogen-bond acceptors (Lipinski definition) is 10. The fraction of sp³-hybridized carbons (Fsp3) is 0.261.